The molecule has 0 heterocycles. The average molecular weight is 618 g/mol. The summed E-state index contributed by atoms with van der Waals surface area (Å²) < 4.78 is 1.16. The van der Waals surface area contributed by atoms with Gasteiger partial charge in [-0.15, -0.1) is 0 Å². The van der Waals surface area contributed by atoms with Gasteiger partial charge >= 0.3 is 0 Å². The summed E-state index contributed by atoms with van der Waals surface area (Å²) in [7, 11) is 0. The van der Waals surface area contributed by atoms with Gasteiger partial charge in [0.15, 0.2) is 5.78 Å². The first-order chi connectivity index (χ1) is 17.9. The number of benzene rings is 4. The van der Waals surface area contributed by atoms with Gasteiger partial charge in [0.25, 0.3) is 11.8 Å². The maximum Gasteiger partial charge on any atom is 0.255 e. The highest BCUT2D eigenvalue weighted by molar-refractivity contribution is 9.11. The fourth-order valence-electron chi connectivity index (χ4n) is 3.67. The number of hydrogen-bond acceptors (Lipinski definition) is 3. The minimum Gasteiger partial charge on any atom is -0.348 e. The molecule has 0 aromatic heterocycles. The highest BCUT2D eigenvalue weighted by Gasteiger charge is 2.20. The van der Waals surface area contributed by atoms with Crippen LogP contribution in [-0.2, 0) is 6.54 Å². The lowest BCUT2D eigenvalue weighted by atomic mass is 10.0. The minimum absolute atomic E-state index is 0.246. The van der Waals surface area contributed by atoms with Crippen LogP contribution in [0.5, 0.6) is 0 Å². The molecular weight excluding hydrogens is 596 g/mol. The molecule has 0 fully saturated rings. The van der Waals surface area contributed by atoms with Crippen LogP contribution in [0.15, 0.2) is 112 Å². The molecule has 0 radical (unpaired) electrons. The van der Waals surface area contributed by atoms with Gasteiger partial charge in [-0.1, -0.05) is 82.7 Å². The molecule has 0 unspecified atom stereocenters. The lowest BCUT2D eigenvalue weighted by Gasteiger charge is -2.12. The summed E-state index contributed by atoms with van der Waals surface area (Å²) in [6, 6.07) is 29.0. The molecule has 0 aliphatic carbocycles. The van der Waals surface area contributed by atoms with Gasteiger partial charge in [0.1, 0.15) is 0 Å². The van der Waals surface area contributed by atoms with Gasteiger partial charge < -0.3 is 10.6 Å². The van der Waals surface area contributed by atoms with E-state index >= 15 is 0 Å². The molecule has 0 bridgehead atoms. The Balaban J connectivity index is 1.56. The highest BCUT2D eigenvalue weighted by atomic mass is 79.9. The predicted molar refractivity (Wildman–Crippen MR) is 154 cm³/mol. The smallest absolute Gasteiger partial charge is 0.255 e. The average Bonchev–Trinajstić information content (AvgIpc) is 2.91. The molecule has 2 amide bonds. The first-order valence-electron chi connectivity index (χ1n) is 11.4. The Bertz CT molecular complexity index is 1470. The summed E-state index contributed by atoms with van der Waals surface area (Å²) in [6.45, 7) is 0.335. The number of hydrogen-bond donors (Lipinski definition) is 2. The third kappa shape index (κ3) is 6.90. The van der Waals surface area contributed by atoms with Crippen LogP contribution in [0, 0.1) is 0 Å². The SMILES string of the molecule is O=C(Nc1ccccc1/C=C/C(=O)c1c(Br)cc(Br)cc1C(=O)NCc1ccccc1)c1ccccc1. The van der Waals surface area contributed by atoms with E-state index in [-0.39, 0.29) is 28.7 Å². The molecule has 5 nitrogen and oxygen atoms in total. The quantitative estimate of drug-likeness (QED) is 0.161. The van der Waals surface area contributed by atoms with E-state index in [0.29, 0.717) is 32.3 Å². The number of allylic oxidation sites excluding steroid dienone is 1. The lowest BCUT2D eigenvalue weighted by molar-refractivity contribution is 0.0940. The normalized spacial score (nSPS) is 10.8. The van der Waals surface area contributed by atoms with E-state index in [9.17, 15) is 14.4 Å². The molecule has 0 spiro atoms. The number of nitrogens with one attached hydrogen (secondary N) is 2. The van der Waals surface area contributed by atoms with Crippen LogP contribution in [0.1, 0.15) is 42.2 Å². The zero-order valence-corrected chi connectivity index (χ0v) is 22.8. The van der Waals surface area contributed by atoms with E-state index in [1.807, 2.05) is 42.5 Å². The van der Waals surface area contributed by atoms with Crippen molar-refractivity contribution < 1.29 is 14.4 Å². The van der Waals surface area contributed by atoms with Gasteiger partial charge in [0, 0.05) is 32.3 Å². The fourth-order valence-corrected chi connectivity index (χ4v) is 5.09. The van der Waals surface area contributed by atoms with Crippen LogP contribution >= 0.6 is 31.9 Å². The van der Waals surface area contributed by atoms with E-state index in [4.69, 9.17) is 0 Å². The molecule has 4 rings (SSSR count). The van der Waals surface area contributed by atoms with Crippen molar-refractivity contribution >= 4 is 61.2 Å². The van der Waals surface area contributed by atoms with Crippen molar-refractivity contribution in [1.82, 2.24) is 5.32 Å². The van der Waals surface area contributed by atoms with E-state index in [1.165, 1.54) is 6.08 Å². The van der Waals surface area contributed by atoms with Crippen molar-refractivity contribution in [2.24, 2.45) is 0 Å². The zero-order chi connectivity index (χ0) is 26.2. The molecule has 4 aromatic carbocycles. The Hall–Kier alpha value is -3.81. The van der Waals surface area contributed by atoms with Crippen molar-refractivity contribution in [3.05, 3.63) is 140 Å². The van der Waals surface area contributed by atoms with Crippen molar-refractivity contribution in [2.45, 2.75) is 6.54 Å². The topological polar surface area (TPSA) is 75.3 Å². The first-order valence-corrected chi connectivity index (χ1v) is 13.0. The Morgan fingerprint density at radius 1 is 0.757 bits per heavy atom. The summed E-state index contributed by atoms with van der Waals surface area (Å²) in [5.41, 5.74) is 3.20. The van der Waals surface area contributed by atoms with E-state index < -0.39 is 0 Å². The molecule has 0 saturated heterocycles. The number of carbonyl (C=O) groups is 3. The number of anilines is 1. The lowest BCUT2D eigenvalue weighted by Crippen LogP contribution is -2.25. The summed E-state index contributed by atoms with van der Waals surface area (Å²) in [4.78, 5) is 39.0. The van der Waals surface area contributed by atoms with Gasteiger partial charge in [-0.3, -0.25) is 14.4 Å². The van der Waals surface area contributed by atoms with Crippen molar-refractivity contribution in [2.75, 3.05) is 5.32 Å². The summed E-state index contributed by atoms with van der Waals surface area (Å²) in [5, 5.41) is 5.77. The zero-order valence-electron chi connectivity index (χ0n) is 19.6. The Morgan fingerprint density at radius 3 is 2.14 bits per heavy atom. The Morgan fingerprint density at radius 2 is 1.41 bits per heavy atom. The Kier molecular flexibility index (Phi) is 8.82. The van der Waals surface area contributed by atoms with Gasteiger partial charge in [-0.05, 0) is 69.5 Å². The molecule has 0 saturated carbocycles. The summed E-state index contributed by atoms with van der Waals surface area (Å²) in [5.74, 6) is -0.965. The largest absolute Gasteiger partial charge is 0.348 e. The molecule has 2 N–H and O–H groups in total. The fraction of sp³-hybridized carbons (Fsp3) is 0.0333. The summed E-state index contributed by atoms with van der Waals surface area (Å²) >= 11 is 6.85. The van der Waals surface area contributed by atoms with Crippen LogP contribution < -0.4 is 10.6 Å². The van der Waals surface area contributed by atoms with Crippen LogP contribution in [0.4, 0.5) is 5.69 Å². The number of ketones is 1. The maximum atomic E-state index is 13.3. The number of halogens is 2. The number of amides is 2. The second-order valence-corrected chi connectivity index (χ2v) is 9.85. The number of para-hydroxylation sites is 1. The number of rotatable bonds is 8. The molecule has 184 valence electrons. The Labute approximate surface area is 231 Å². The van der Waals surface area contributed by atoms with Crippen molar-refractivity contribution in [3.8, 4) is 0 Å². The van der Waals surface area contributed by atoms with E-state index in [0.717, 1.165) is 5.56 Å². The summed E-state index contributed by atoms with van der Waals surface area (Å²) in [6.07, 6.45) is 3.03. The predicted octanol–water partition coefficient (Wildman–Crippen LogP) is 7.29. The van der Waals surface area contributed by atoms with Gasteiger partial charge in [-0.2, -0.15) is 0 Å². The highest BCUT2D eigenvalue weighted by Crippen LogP contribution is 2.28. The molecule has 37 heavy (non-hydrogen) atoms. The van der Waals surface area contributed by atoms with Gasteiger partial charge in [-0.25, -0.2) is 0 Å². The van der Waals surface area contributed by atoms with E-state index in [2.05, 4.69) is 42.5 Å². The maximum absolute atomic E-state index is 13.3. The van der Waals surface area contributed by atoms with Gasteiger partial charge in [0.05, 0.1) is 5.56 Å². The van der Waals surface area contributed by atoms with E-state index in [1.54, 1.807) is 60.7 Å². The van der Waals surface area contributed by atoms with Crippen LogP contribution in [-0.4, -0.2) is 17.6 Å². The molecule has 0 aliphatic rings. The standard InChI is InChI=1S/C30H22Br2N2O3/c31-23-17-24(30(37)33-19-20-9-3-1-4-10-20)28(25(32)18-23)27(35)16-15-21-11-7-8-14-26(21)34-29(36)22-12-5-2-6-13-22/h1-18H,19H2,(H,33,37)(H,34,36)/b16-15+. The van der Waals surface area contributed by atoms with Crippen molar-refractivity contribution in [3.63, 3.8) is 0 Å². The van der Waals surface area contributed by atoms with Crippen LogP contribution in [0.2, 0.25) is 0 Å². The van der Waals surface area contributed by atoms with Crippen LogP contribution in [0.25, 0.3) is 6.08 Å². The molecule has 4 aromatic rings. The first kappa shape index (κ1) is 26.3. The number of carbonyl (C=O) groups excluding carboxylic acids is 3. The van der Waals surface area contributed by atoms with Crippen molar-refractivity contribution in [1.29, 1.82) is 0 Å². The molecule has 0 atom stereocenters. The second kappa shape index (κ2) is 12.4. The second-order valence-electron chi connectivity index (χ2n) is 8.08. The van der Waals surface area contributed by atoms with Gasteiger partial charge in [0.2, 0.25) is 0 Å². The monoisotopic (exact) mass is 616 g/mol. The minimum atomic E-state index is -0.363. The third-order valence-corrected chi connectivity index (χ3v) is 6.58. The molecule has 7 heteroatoms. The van der Waals surface area contributed by atoms with Crippen LogP contribution in [0.3, 0.4) is 0 Å². The molecule has 0 aliphatic heterocycles. The third-order valence-electron chi connectivity index (χ3n) is 5.50. The molecular formula is C30H22Br2N2O3.